The number of carbonyl (C=O) groups is 1. The number of ether oxygens (including phenoxy) is 2. The zero-order valence-corrected chi connectivity index (χ0v) is 15.9. The third-order valence-corrected chi connectivity index (χ3v) is 6.69. The molecule has 0 bridgehead atoms. The van der Waals surface area contributed by atoms with Gasteiger partial charge in [0.1, 0.15) is 0 Å². The van der Waals surface area contributed by atoms with E-state index in [0.29, 0.717) is 18.6 Å². The van der Waals surface area contributed by atoms with E-state index >= 15 is 0 Å². The van der Waals surface area contributed by atoms with Crippen molar-refractivity contribution in [1.29, 1.82) is 0 Å². The fourth-order valence-corrected chi connectivity index (χ4v) is 5.10. The molecule has 5 nitrogen and oxygen atoms in total. The Bertz CT molecular complexity index is 647. The number of rotatable bonds is 5. The number of anilines is 1. The number of methoxy groups -OCH3 is 2. The molecule has 5 heteroatoms. The van der Waals surface area contributed by atoms with Gasteiger partial charge in [-0.05, 0) is 49.8 Å². The Kier molecular flexibility index (Phi) is 5.04. The summed E-state index contributed by atoms with van der Waals surface area (Å²) < 4.78 is 11.7. The quantitative estimate of drug-likeness (QED) is 0.812. The monoisotopic (exact) mass is 358 g/mol. The van der Waals surface area contributed by atoms with Crippen molar-refractivity contribution in [3.63, 3.8) is 0 Å². The first-order valence-corrected chi connectivity index (χ1v) is 9.86. The maximum absolute atomic E-state index is 11.9. The first-order chi connectivity index (χ1) is 12.6. The van der Waals surface area contributed by atoms with Crippen LogP contribution in [0.2, 0.25) is 0 Å². The fraction of sp³-hybridized carbons (Fsp3) is 0.667. The maximum Gasteiger partial charge on any atom is 0.227 e. The molecule has 2 aliphatic heterocycles. The van der Waals surface area contributed by atoms with E-state index in [1.165, 1.54) is 5.56 Å². The Morgan fingerprint density at radius 3 is 2.62 bits per heavy atom. The molecule has 0 radical (unpaired) electrons. The highest BCUT2D eigenvalue weighted by Gasteiger charge is 2.50. The van der Waals surface area contributed by atoms with Crippen molar-refractivity contribution >= 4 is 11.6 Å². The molecule has 3 atom stereocenters. The maximum atomic E-state index is 11.9. The summed E-state index contributed by atoms with van der Waals surface area (Å²) in [4.78, 5) is 16.4. The van der Waals surface area contributed by atoms with E-state index in [4.69, 9.17) is 9.47 Å². The SMILES string of the molecule is CO[C@H]1CC[C@]2(OC)CCN(Cc3ccc(N4CCCC4=O)cc3)[C@@H]2C1. The second-order valence-electron chi connectivity index (χ2n) is 7.95. The van der Waals surface area contributed by atoms with Crippen LogP contribution in [0.3, 0.4) is 0 Å². The normalized spacial score (nSPS) is 32.2. The van der Waals surface area contributed by atoms with Crippen molar-refractivity contribution in [2.45, 2.75) is 62.8 Å². The molecule has 26 heavy (non-hydrogen) atoms. The summed E-state index contributed by atoms with van der Waals surface area (Å²) in [6.07, 6.45) is 6.31. The van der Waals surface area contributed by atoms with Crippen molar-refractivity contribution in [3.8, 4) is 0 Å². The van der Waals surface area contributed by atoms with Gasteiger partial charge >= 0.3 is 0 Å². The van der Waals surface area contributed by atoms with Crippen LogP contribution in [0.1, 0.15) is 44.1 Å². The smallest absolute Gasteiger partial charge is 0.227 e. The van der Waals surface area contributed by atoms with Crippen LogP contribution in [0.5, 0.6) is 0 Å². The van der Waals surface area contributed by atoms with Crippen LogP contribution in [0.4, 0.5) is 5.69 Å². The summed E-state index contributed by atoms with van der Waals surface area (Å²) in [5.41, 5.74) is 2.32. The van der Waals surface area contributed by atoms with E-state index in [2.05, 4.69) is 29.2 Å². The fourth-order valence-electron chi connectivity index (χ4n) is 5.10. The van der Waals surface area contributed by atoms with Gasteiger partial charge in [-0.25, -0.2) is 0 Å². The highest BCUT2D eigenvalue weighted by molar-refractivity contribution is 5.95. The minimum Gasteiger partial charge on any atom is -0.381 e. The Labute approximate surface area is 156 Å². The van der Waals surface area contributed by atoms with Gasteiger partial charge in [0.15, 0.2) is 0 Å². The third-order valence-electron chi connectivity index (χ3n) is 6.69. The van der Waals surface area contributed by atoms with Gasteiger partial charge in [-0.2, -0.15) is 0 Å². The predicted octanol–water partition coefficient (Wildman–Crippen LogP) is 2.97. The standard InChI is InChI=1S/C21H30N2O3/c1-25-18-9-10-21(26-2)11-13-22(19(21)14-18)15-16-5-7-17(8-6-16)23-12-3-4-20(23)24/h5-8,18-19H,3-4,9-15H2,1-2H3/t18-,19+,21-/m0/s1. The minimum atomic E-state index is -0.00303. The molecule has 0 unspecified atom stereocenters. The lowest BCUT2D eigenvalue weighted by Crippen LogP contribution is -2.51. The molecule has 3 aliphatic rings. The number of hydrogen-bond donors (Lipinski definition) is 0. The Hall–Kier alpha value is -1.43. The molecule has 142 valence electrons. The van der Waals surface area contributed by atoms with Gasteiger partial charge in [0, 0.05) is 52.0 Å². The highest BCUT2D eigenvalue weighted by atomic mass is 16.5. The molecule has 1 aliphatic carbocycles. The molecule has 1 amide bonds. The Morgan fingerprint density at radius 2 is 1.96 bits per heavy atom. The lowest BCUT2D eigenvalue weighted by molar-refractivity contribution is -0.117. The van der Waals surface area contributed by atoms with E-state index in [1.807, 2.05) is 19.1 Å². The summed E-state index contributed by atoms with van der Waals surface area (Å²) >= 11 is 0. The van der Waals surface area contributed by atoms with Crippen molar-refractivity contribution < 1.29 is 14.3 Å². The van der Waals surface area contributed by atoms with Crippen molar-refractivity contribution in [2.75, 3.05) is 32.2 Å². The van der Waals surface area contributed by atoms with Crippen molar-refractivity contribution in [1.82, 2.24) is 4.90 Å². The third kappa shape index (κ3) is 3.17. The number of amides is 1. The van der Waals surface area contributed by atoms with Gasteiger partial charge < -0.3 is 14.4 Å². The molecule has 1 aromatic carbocycles. The van der Waals surface area contributed by atoms with E-state index in [-0.39, 0.29) is 11.5 Å². The van der Waals surface area contributed by atoms with Gasteiger partial charge in [-0.1, -0.05) is 12.1 Å². The number of hydrogen-bond acceptors (Lipinski definition) is 4. The molecule has 2 heterocycles. The molecule has 4 rings (SSSR count). The van der Waals surface area contributed by atoms with Crippen LogP contribution in [0.25, 0.3) is 0 Å². The van der Waals surface area contributed by atoms with E-state index in [0.717, 1.165) is 57.4 Å². The summed E-state index contributed by atoms with van der Waals surface area (Å²) in [6, 6.07) is 8.95. The Morgan fingerprint density at radius 1 is 1.15 bits per heavy atom. The van der Waals surface area contributed by atoms with Gasteiger partial charge in [-0.15, -0.1) is 0 Å². The molecule has 0 N–H and O–H groups in total. The lowest BCUT2D eigenvalue weighted by Gasteiger charge is -2.43. The average Bonchev–Trinajstić information content (AvgIpc) is 3.26. The molecular formula is C21H30N2O3. The molecule has 1 aromatic rings. The number of nitrogens with zero attached hydrogens (tertiary/aromatic N) is 2. The average molecular weight is 358 g/mol. The van der Waals surface area contributed by atoms with E-state index in [9.17, 15) is 4.79 Å². The molecule has 0 spiro atoms. The molecular weight excluding hydrogens is 328 g/mol. The Balaban J connectivity index is 1.45. The molecule has 0 aromatic heterocycles. The van der Waals surface area contributed by atoms with E-state index in [1.54, 1.807) is 0 Å². The summed E-state index contributed by atoms with van der Waals surface area (Å²) in [7, 11) is 3.69. The van der Waals surface area contributed by atoms with Gasteiger partial charge in [0.05, 0.1) is 11.7 Å². The van der Waals surface area contributed by atoms with Crippen LogP contribution < -0.4 is 4.90 Å². The summed E-state index contributed by atoms with van der Waals surface area (Å²) in [5.74, 6) is 0.245. The first-order valence-electron chi connectivity index (χ1n) is 9.86. The van der Waals surface area contributed by atoms with Crippen molar-refractivity contribution in [2.24, 2.45) is 0 Å². The number of benzene rings is 1. The molecule has 2 saturated heterocycles. The number of carbonyl (C=O) groups excluding carboxylic acids is 1. The zero-order valence-electron chi connectivity index (χ0n) is 15.9. The number of likely N-dealkylation sites (tertiary alicyclic amines) is 1. The van der Waals surface area contributed by atoms with Crippen LogP contribution in [-0.2, 0) is 20.8 Å². The highest BCUT2D eigenvalue weighted by Crippen LogP contribution is 2.43. The minimum absolute atomic E-state index is 0.00303. The predicted molar refractivity (Wildman–Crippen MR) is 101 cm³/mol. The van der Waals surface area contributed by atoms with Crippen LogP contribution in [0.15, 0.2) is 24.3 Å². The summed E-state index contributed by atoms with van der Waals surface area (Å²) in [5, 5.41) is 0. The van der Waals surface area contributed by atoms with Crippen LogP contribution in [0, 0.1) is 0 Å². The van der Waals surface area contributed by atoms with E-state index < -0.39 is 0 Å². The zero-order chi connectivity index (χ0) is 18.1. The largest absolute Gasteiger partial charge is 0.381 e. The molecule has 3 fully saturated rings. The van der Waals surface area contributed by atoms with Crippen molar-refractivity contribution in [3.05, 3.63) is 29.8 Å². The number of fused-ring (bicyclic) bond motifs is 1. The van der Waals surface area contributed by atoms with Gasteiger partial charge in [0.25, 0.3) is 0 Å². The first kappa shape index (κ1) is 18.0. The molecule has 1 saturated carbocycles. The second kappa shape index (κ2) is 7.29. The van der Waals surface area contributed by atoms with Gasteiger partial charge in [-0.3, -0.25) is 9.69 Å². The lowest BCUT2D eigenvalue weighted by atomic mass is 9.79. The van der Waals surface area contributed by atoms with Crippen LogP contribution >= 0.6 is 0 Å². The van der Waals surface area contributed by atoms with Crippen LogP contribution in [-0.4, -0.2) is 55.9 Å². The van der Waals surface area contributed by atoms with Gasteiger partial charge in [0.2, 0.25) is 5.91 Å². The second-order valence-corrected chi connectivity index (χ2v) is 7.95. The topological polar surface area (TPSA) is 42.0 Å². The summed E-state index contributed by atoms with van der Waals surface area (Å²) in [6.45, 7) is 2.85.